The van der Waals surface area contributed by atoms with Crippen molar-refractivity contribution in [2.75, 3.05) is 4.90 Å². The predicted molar refractivity (Wildman–Crippen MR) is 104 cm³/mol. The van der Waals surface area contributed by atoms with Crippen molar-refractivity contribution in [2.45, 2.75) is 32.9 Å². The Balaban J connectivity index is 1.79. The van der Waals surface area contributed by atoms with Gasteiger partial charge in [0.05, 0.1) is 28.5 Å². The van der Waals surface area contributed by atoms with Gasteiger partial charge in [0.1, 0.15) is 6.04 Å². The number of Topliss-reactive ketones (excluding diaryl/α,β-unsaturated/α-hetero) is 1. The summed E-state index contributed by atoms with van der Waals surface area (Å²) in [6.45, 7) is 5.29. The summed E-state index contributed by atoms with van der Waals surface area (Å²) < 4.78 is 0. The monoisotopic (exact) mass is 396 g/mol. The summed E-state index contributed by atoms with van der Waals surface area (Å²) in [5, 5.41) is 16.9. The molecule has 9 nitrogen and oxygen atoms in total. The van der Waals surface area contributed by atoms with Gasteiger partial charge in [0, 0.05) is 23.8 Å². The van der Waals surface area contributed by atoms with E-state index in [-0.39, 0.29) is 17.2 Å². The fraction of sp³-hybridized carbons (Fsp3) is 0.400. The molecule has 2 fully saturated rings. The summed E-state index contributed by atoms with van der Waals surface area (Å²) in [7, 11) is 0. The highest BCUT2D eigenvalue weighted by molar-refractivity contribution is 6.24. The minimum Gasteiger partial charge on any atom is -0.297 e. The van der Waals surface area contributed by atoms with Gasteiger partial charge in [-0.2, -0.15) is 5.10 Å². The lowest BCUT2D eigenvalue weighted by atomic mass is 9.80. The summed E-state index contributed by atoms with van der Waals surface area (Å²) >= 11 is 0. The molecule has 0 aliphatic carbocycles. The van der Waals surface area contributed by atoms with E-state index >= 15 is 0 Å². The number of nitrogens with zero attached hydrogens (tertiary/aromatic N) is 4. The van der Waals surface area contributed by atoms with E-state index in [1.165, 1.54) is 30.5 Å². The van der Waals surface area contributed by atoms with Crippen LogP contribution in [0.2, 0.25) is 0 Å². The van der Waals surface area contributed by atoms with Crippen LogP contribution in [0.3, 0.4) is 0 Å². The van der Waals surface area contributed by atoms with Gasteiger partial charge in [0.25, 0.3) is 5.69 Å². The number of hydrogen-bond donors (Lipinski definition) is 0. The number of carbonyl (C=O) groups excluding carboxylic acids is 3. The summed E-state index contributed by atoms with van der Waals surface area (Å²) in [5.74, 6) is -2.84. The Morgan fingerprint density at radius 2 is 1.86 bits per heavy atom. The van der Waals surface area contributed by atoms with Crippen molar-refractivity contribution >= 4 is 35.2 Å². The fourth-order valence-electron chi connectivity index (χ4n) is 4.28. The van der Waals surface area contributed by atoms with Crippen LogP contribution in [0.4, 0.5) is 11.4 Å². The highest BCUT2D eigenvalue weighted by atomic mass is 16.6. The van der Waals surface area contributed by atoms with Crippen LogP contribution < -0.4 is 4.90 Å². The van der Waals surface area contributed by atoms with Gasteiger partial charge in [-0.3, -0.25) is 29.5 Å². The average molecular weight is 396 g/mol. The zero-order chi connectivity index (χ0) is 21.1. The normalized spacial score (nSPS) is 28.0. The predicted octanol–water partition coefficient (Wildman–Crippen LogP) is 1.92. The molecular formula is C20H20N4O5. The first kappa shape index (κ1) is 19.0. The number of fused-ring (bicyclic) bond motifs is 3. The number of imide groups is 1. The van der Waals surface area contributed by atoms with Crippen molar-refractivity contribution in [3.05, 3.63) is 46.5 Å². The Labute approximate surface area is 166 Å². The molecule has 150 valence electrons. The van der Waals surface area contributed by atoms with Crippen LogP contribution in [0.5, 0.6) is 0 Å². The van der Waals surface area contributed by atoms with E-state index in [0.717, 1.165) is 4.90 Å². The molecule has 1 aromatic rings. The van der Waals surface area contributed by atoms with E-state index in [0.29, 0.717) is 0 Å². The van der Waals surface area contributed by atoms with Gasteiger partial charge < -0.3 is 0 Å². The van der Waals surface area contributed by atoms with Crippen LogP contribution >= 0.6 is 0 Å². The van der Waals surface area contributed by atoms with Crippen LogP contribution in [0, 0.1) is 27.4 Å². The third kappa shape index (κ3) is 2.76. The number of rotatable bonds is 3. The third-order valence-corrected chi connectivity index (χ3v) is 5.60. The number of hydrogen-bond acceptors (Lipinski definition) is 7. The molecule has 0 spiro atoms. The highest BCUT2D eigenvalue weighted by Gasteiger charge is 2.64. The molecule has 3 heterocycles. The van der Waals surface area contributed by atoms with Crippen LogP contribution in [0.15, 0.2) is 41.5 Å². The van der Waals surface area contributed by atoms with Crippen LogP contribution in [0.1, 0.15) is 20.8 Å². The average Bonchev–Trinajstić information content (AvgIpc) is 3.13. The molecule has 9 heteroatoms. The smallest absolute Gasteiger partial charge is 0.271 e. The van der Waals surface area contributed by atoms with E-state index in [2.05, 4.69) is 5.10 Å². The van der Waals surface area contributed by atoms with E-state index < -0.39 is 46.1 Å². The van der Waals surface area contributed by atoms with Crippen molar-refractivity contribution in [2.24, 2.45) is 22.4 Å². The SMILES string of the molecule is CC(C)(C)C(=O)[C@H]1[C@@H]2C(=O)N(c3cccc([N+](=O)[O-])c3)C(=O)[C@@H]2[C@H]2C=CC=NN21. The molecule has 3 aliphatic heterocycles. The largest absolute Gasteiger partial charge is 0.297 e. The fourth-order valence-corrected chi connectivity index (χ4v) is 4.28. The third-order valence-electron chi connectivity index (χ3n) is 5.60. The Morgan fingerprint density at radius 1 is 1.17 bits per heavy atom. The maximum Gasteiger partial charge on any atom is 0.271 e. The molecule has 2 saturated heterocycles. The molecule has 1 aromatic carbocycles. The van der Waals surface area contributed by atoms with Gasteiger partial charge in [-0.1, -0.05) is 32.9 Å². The van der Waals surface area contributed by atoms with Gasteiger partial charge in [0.2, 0.25) is 11.8 Å². The molecule has 4 rings (SSSR count). The molecule has 0 unspecified atom stereocenters. The van der Waals surface area contributed by atoms with Crippen molar-refractivity contribution in [1.82, 2.24) is 5.01 Å². The first-order chi connectivity index (χ1) is 13.6. The zero-order valence-corrected chi connectivity index (χ0v) is 16.2. The Hall–Kier alpha value is -3.36. The number of nitro benzene ring substituents is 1. The van der Waals surface area contributed by atoms with Gasteiger partial charge in [-0.25, -0.2) is 4.90 Å². The number of carbonyl (C=O) groups is 3. The quantitative estimate of drug-likeness (QED) is 0.438. The van der Waals surface area contributed by atoms with Gasteiger partial charge in [-0.15, -0.1) is 0 Å². The first-order valence-electron chi connectivity index (χ1n) is 9.28. The maximum atomic E-state index is 13.3. The molecule has 0 radical (unpaired) electrons. The number of allylic oxidation sites excluding steroid dienone is 1. The molecule has 0 aromatic heterocycles. The van der Waals surface area contributed by atoms with E-state index in [1.807, 2.05) is 0 Å². The lowest BCUT2D eigenvalue weighted by molar-refractivity contribution is -0.384. The molecule has 0 N–H and O–H groups in total. The van der Waals surface area contributed by atoms with Crippen LogP contribution in [-0.4, -0.2) is 45.8 Å². The second-order valence-corrected chi connectivity index (χ2v) is 8.42. The van der Waals surface area contributed by atoms with Crippen molar-refractivity contribution in [3.63, 3.8) is 0 Å². The molecule has 29 heavy (non-hydrogen) atoms. The first-order valence-corrected chi connectivity index (χ1v) is 9.28. The van der Waals surface area contributed by atoms with Gasteiger partial charge >= 0.3 is 0 Å². The second kappa shape index (κ2) is 6.33. The lowest BCUT2D eigenvalue weighted by Crippen LogP contribution is -2.49. The standard InChI is InChI=1S/C20H20N4O5/c1-20(2,3)17(25)16-15-14(13-8-5-9-21-23(13)16)18(26)22(19(15)27)11-6-4-7-12(10-11)24(28)29/h4-10,13-16H,1-3H3/t13-,14-,15-,16-/m1/s1. The van der Waals surface area contributed by atoms with Crippen molar-refractivity contribution < 1.29 is 19.3 Å². The van der Waals surface area contributed by atoms with Crippen molar-refractivity contribution in [3.8, 4) is 0 Å². The minimum atomic E-state index is -0.890. The molecular weight excluding hydrogens is 376 g/mol. The number of nitro groups is 1. The van der Waals surface area contributed by atoms with E-state index in [1.54, 1.807) is 37.9 Å². The van der Waals surface area contributed by atoms with E-state index in [9.17, 15) is 24.5 Å². The summed E-state index contributed by atoms with van der Waals surface area (Å²) in [4.78, 5) is 51.3. The van der Waals surface area contributed by atoms with Crippen LogP contribution in [0.25, 0.3) is 0 Å². The molecule has 0 bridgehead atoms. The van der Waals surface area contributed by atoms with E-state index in [4.69, 9.17) is 0 Å². The summed E-state index contributed by atoms with van der Waals surface area (Å²) in [5.41, 5.74) is -0.810. The van der Waals surface area contributed by atoms with Gasteiger partial charge in [0.15, 0.2) is 5.78 Å². The Kier molecular flexibility index (Phi) is 4.14. The maximum absolute atomic E-state index is 13.3. The number of ketones is 1. The minimum absolute atomic E-state index is 0.139. The number of anilines is 1. The second-order valence-electron chi connectivity index (χ2n) is 8.42. The number of hydrazone groups is 1. The molecule has 0 saturated carbocycles. The van der Waals surface area contributed by atoms with Crippen molar-refractivity contribution in [1.29, 1.82) is 0 Å². The van der Waals surface area contributed by atoms with Gasteiger partial charge in [-0.05, 0) is 12.1 Å². The zero-order valence-electron chi connectivity index (χ0n) is 16.2. The van der Waals surface area contributed by atoms with Crippen LogP contribution in [-0.2, 0) is 14.4 Å². The lowest BCUT2D eigenvalue weighted by Gasteiger charge is -2.33. The Morgan fingerprint density at radius 3 is 2.52 bits per heavy atom. The topological polar surface area (TPSA) is 113 Å². The molecule has 3 aliphatic rings. The molecule has 4 atom stereocenters. The summed E-state index contributed by atoms with van der Waals surface area (Å²) in [6, 6.07) is 4.02. The Bertz CT molecular complexity index is 993. The highest BCUT2D eigenvalue weighted by Crippen LogP contribution is 2.47. The number of non-ortho nitro benzene ring substituents is 1. The summed E-state index contributed by atoms with van der Waals surface area (Å²) in [6.07, 6.45) is 4.99. The number of benzene rings is 1. The molecule has 2 amide bonds. The number of amides is 2.